The molecule has 2 aromatic heterocycles. The van der Waals surface area contributed by atoms with E-state index in [1.54, 1.807) is 31.6 Å². The summed E-state index contributed by atoms with van der Waals surface area (Å²) in [5.74, 6) is -0.0618. The van der Waals surface area contributed by atoms with Crippen LogP contribution in [0.15, 0.2) is 24.3 Å². The van der Waals surface area contributed by atoms with Crippen LogP contribution >= 0.6 is 11.3 Å². The monoisotopic (exact) mass is 464 g/mol. The van der Waals surface area contributed by atoms with Crippen LogP contribution in [0.4, 0.5) is 23.5 Å². The quantitative estimate of drug-likeness (QED) is 0.579. The van der Waals surface area contributed by atoms with Crippen molar-refractivity contribution < 1.29 is 23.1 Å². The van der Waals surface area contributed by atoms with Gasteiger partial charge in [-0.25, -0.2) is 19.0 Å². The van der Waals surface area contributed by atoms with Gasteiger partial charge in [-0.1, -0.05) is 23.5 Å². The number of amides is 3. The standard InChI is InChI=1S/C20H22F2N6O3S/c1-11-16(12(2)28(4)26-11)31-20(30)27(3)10-15-17(22)32-19(24-15)25-18(29)23-9-13-6-5-7-14(21)8-13/h5-8H,9-10H2,1-4H3,(H2,23,24,25,29). The lowest BCUT2D eigenvalue weighted by Crippen LogP contribution is -2.30. The van der Waals surface area contributed by atoms with Gasteiger partial charge in [0.1, 0.15) is 17.2 Å². The molecule has 0 atom stereocenters. The number of aromatic nitrogens is 3. The Morgan fingerprint density at radius 1 is 1.28 bits per heavy atom. The zero-order valence-electron chi connectivity index (χ0n) is 17.9. The minimum Gasteiger partial charge on any atom is -0.406 e. The fourth-order valence-corrected chi connectivity index (χ4v) is 3.51. The third-order valence-corrected chi connectivity index (χ3v) is 5.34. The van der Waals surface area contributed by atoms with Gasteiger partial charge in [0.2, 0.25) is 5.13 Å². The summed E-state index contributed by atoms with van der Waals surface area (Å²) in [4.78, 5) is 29.6. The van der Waals surface area contributed by atoms with Gasteiger partial charge in [-0.15, -0.1) is 0 Å². The largest absolute Gasteiger partial charge is 0.415 e. The predicted molar refractivity (Wildman–Crippen MR) is 115 cm³/mol. The summed E-state index contributed by atoms with van der Waals surface area (Å²) in [6.45, 7) is 3.41. The van der Waals surface area contributed by atoms with Crippen LogP contribution < -0.4 is 15.4 Å². The van der Waals surface area contributed by atoms with E-state index in [1.165, 1.54) is 25.2 Å². The van der Waals surface area contributed by atoms with Crippen LogP contribution in [0.3, 0.4) is 0 Å². The van der Waals surface area contributed by atoms with Gasteiger partial charge in [0, 0.05) is 20.6 Å². The van der Waals surface area contributed by atoms with Crippen molar-refractivity contribution in [3.8, 4) is 5.75 Å². The van der Waals surface area contributed by atoms with E-state index in [-0.39, 0.29) is 23.9 Å². The first-order chi connectivity index (χ1) is 15.1. The molecule has 0 aliphatic carbocycles. The molecule has 170 valence electrons. The molecule has 1 aromatic carbocycles. The molecule has 2 N–H and O–H groups in total. The number of ether oxygens (including phenoxy) is 1. The van der Waals surface area contributed by atoms with E-state index >= 15 is 0 Å². The van der Waals surface area contributed by atoms with Crippen molar-refractivity contribution in [3.63, 3.8) is 0 Å². The van der Waals surface area contributed by atoms with Crippen LogP contribution in [0, 0.1) is 24.8 Å². The number of carbonyl (C=O) groups is 2. The number of rotatable bonds is 6. The number of aryl methyl sites for hydroxylation is 2. The maximum absolute atomic E-state index is 14.3. The molecule has 0 aliphatic rings. The summed E-state index contributed by atoms with van der Waals surface area (Å²) in [5.41, 5.74) is 1.79. The molecule has 0 saturated heterocycles. The first-order valence-electron chi connectivity index (χ1n) is 9.51. The average molecular weight is 464 g/mol. The zero-order valence-corrected chi connectivity index (χ0v) is 18.7. The first-order valence-corrected chi connectivity index (χ1v) is 10.3. The summed E-state index contributed by atoms with van der Waals surface area (Å²) in [7, 11) is 3.18. The second kappa shape index (κ2) is 9.73. The molecule has 0 unspecified atom stereocenters. The Balaban J connectivity index is 1.56. The summed E-state index contributed by atoms with van der Waals surface area (Å²) < 4.78 is 34.4. The fourth-order valence-electron chi connectivity index (χ4n) is 2.81. The van der Waals surface area contributed by atoms with Gasteiger partial charge in [0.05, 0.1) is 12.2 Å². The summed E-state index contributed by atoms with van der Waals surface area (Å²) in [5, 5.41) is 8.52. The van der Waals surface area contributed by atoms with E-state index in [4.69, 9.17) is 4.74 Å². The van der Waals surface area contributed by atoms with E-state index in [0.29, 0.717) is 34.0 Å². The van der Waals surface area contributed by atoms with Crippen molar-refractivity contribution in [2.75, 3.05) is 12.4 Å². The third-order valence-electron chi connectivity index (χ3n) is 4.54. The maximum atomic E-state index is 14.3. The number of carbonyl (C=O) groups excluding carboxylic acids is 2. The van der Waals surface area contributed by atoms with Crippen molar-refractivity contribution in [1.29, 1.82) is 0 Å². The van der Waals surface area contributed by atoms with Gasteiger partial charge in [-0.2, -0.15) is 9.49 Å². The minimum absolute atomic E-state index is 0.0190. The summed E-state index contributed by atoms with van der Waals surface area (Å²) in [6.07, 6.45) is -0.695. The summed E-state index contributed by atoms with van der Waals surface area (Å²) in [6, 6.07) is 5.17. The number of urea groups is 1. The molecular formula is C20H22F2N6O3S. The van der Waals surface area contributed by atoms with E-state index in [9.17, 15) is 18.4 Å². The minimum atomic E-state index is -0.695. The van der Waals surface area contributed by atoms with Crippen LogP contribution in [0.25, 0.3) is 0 Å². The number of nitrogens with one attached hydrogen (secondary N) is 2. The third kappa shape index (κ3) is 5.58. The van der Waals surface area contributed by atoms with E-state index in [1.807, 2.05) is 0 Å². The topological polar surface area (TPSA) is 101 Å². The molecular weight excluding hydrogens is 442 g/mol. The predicted octanol–water partition coefficient (Wildman–Crippen LogP) is 3.72. The molecule has 3 rings (SSSR count). The van der Waals surface area contributed by atoms with Crippen molar-refractivity contribution in [3.05, 3.63) is 57.9 Å². The fraction of sp³-hybridized carbons (Fsp3) is 0.300. The molecule has 32 heavy (non-hydrogen) atoms. The van der Waals surface area contributed by atoms with Gasteiger partial charge < -0.3 is 15.0 Å². The summed E-state index contributed by atoms with van der Waals surface area (Å²) >= 11 is 0.631. The molecule has 3 amide bonds. The Morgan fingerprint density at radius 2 is 2.03 bits per heavy atom. The molecule has 0 saturated carbocycles. The van der Waals surface area contributed by atoms with Crippen LogP contribution in [0.1, 0.15) is 22.6 Å². The second-order valence-electron chi connectivity index (χ2n) is 7.02. The first kappa shape index (κ1) is 23.1. The van der Waals surface area contributed by atoms with Crippen molar-refractivity contribution in [2.45, 2.75) is 26.9 Å². The molecule has 9 nitrogen and oxygen atoms in total. The van der Waals surface area contributed by atoms with Crippen LogP contribution in [-0.4, -0.2) is 38.8 Å². The highest BCUT2D eigenvalue weighted by atomic mass is 32.1. The Morgan fingerprint density at radius 3 is 2.69 bits per heavy atom. The van der Waals surface area contributed by atoms with E-state index < -0.39 is 23.1 Å². The number of halogens is 2. The molecule has 0 fully saturated rings. The normalized spacial score (nSPS) is 10.7. The Hall–Kier alpha value is -3.54. The molecule has 0 aliphatic heterocycles. The van der Waals surface area contributed by atoms with Gasteiger partial charge in [-0.05, 0) is 31.5 Å². The second-order valence-corrected chi connectivity index (χ2v) is 7.97. The Kier molecular flexibility index (Phi) is 7.03. The average Bonchev–Trinajstić information content (AvgIpc) is 3.19. The highest BCUT2D eigenvalue weighted by Gasteiger charge is 2.21. The molecule has 12 heteroatoms. The maximum Gasteiger partial charge on any atom is 0.415 e. The van der Waals surface area contributed by atoms with Crippen molar-refractivity contribution >= 4 is 28.6 Å². The van der Waals surface area contributed by atoms with Crippen LogP contribution in [0.2, 0.25) is 0 Å². The molecule has 0 bridgehead atoms. The highest BCUT2D eigenvalue weighted by molar-refractivity contribution is 7.14. The lowest BCUT2D eigenvalue weighted by Gasteiger charge is -2.15. The SMILES string of the molecule is Cc1nn(C)c(C)c1OC(=O)N(C)Cc1nc(NC(=O)NCc2cccc(F)c2)sc1F. The highest BCUT2D eigenvalue weighted by Crippen LogP contribution is 2.24. The number of hydrogen-bond donors (Lipinski definition) is 2. The van der Waals surface area contributed by atoms with Crippen molar-refractivity contribution in [1.82, 2.24) is 25.0 Å². The van der Waals surface area contributed by atoms with Gasteiger partial charge >= 0.3 is 12.1 Å². The molecule has 0 radical (unpaired) electrons. The van der Waals surface area contributed by atoms with Crippen LogP contribution in [-0.2, 0) is 20.1 Å². The number of nitrogens with zero attached hydrogens (tertiary/aromatic N) is 4. The Bertz CT molecular complexity index is 1150. The van der Waals surface area contributed by atoms with Gasteiger partial charge in [-0.3, -0.25) is 10.00 Å². The molecule has 3 aromatic rings. The number of anilines is 1. The molecule has 2 heterocycles. The van der Waals surface area contributed by atoms with Crippen molar-refractivity contribution in [2.24, 2.45) is 7.05 Å². The van der Waals surface area contributed by atoms with Gasteiger partial charge in [0.25, 0.3) is 0 Å². The van der Waals surface area contributed by atoms with Gasteiger partial charge in [0.15, 0.2) is 10.9 Å². The zero-order chi connectivity index (χ0) is 23.4. The lowest BCUT2D eigenvalue weighted by molar-refractivity contribution is 0.159. The Labute approximate surface area is 187 Å². The van der Waals surface area contributed by atoms with E-state index in [2.05, 4.69) is 20.7 Å². The number of benzene rings is 1. The van der Waals surface area contributed by atoms with Crippen LogP contribution in [0.5, 0.6) is 5.75 Å². The van der Waals surface area contributed by atoms with E-state index in [0.717, 1.165) is 4.90 Å². The number of hydrogen-bond acceptors (Lipinski definition) is 6. The lowest BCUT2D eigenvalue weighted by atomic mass is 10.2. The molecule has 0 spiro atoms. The number of thiazole rings is 1. The smallest absolute Gasteiger partial charge is 0.406 e.